The Hall–Kier alpha value is -1.31. The zero-order valence-corrected chi connectivity index (χ0v) is 10.6. The summed E-state index contributed by atoms with van der Waals surface area (Å²) in [6, 6.07) is 8.16. The number of carboxylic acids is 1. The third kappa shape index (κ3) is 2.51. The highest BCUT2D eigenvalue weighted by Crippen LogP contribution is 2.48. The number of aryl methyl sites for hydroxylation is 1. The van der Waals surface area contributed by atoms with Crippen molar-refractivity contribution in [2.24, 2.45) is 5.92 Å². The molecule has 0 radical (unpaired) electrons. The van der Waals surface area contributed by atoms with Crippen LogP contribution in [0.1, 0.15) is 44.2 Å². The molecule has 1 aromatic rings. The van der Waals surface area contributed by atoms with Crippen LogP contribution in [0.5, 0.6) is 0 Å². The molecule has 0 saturated heterocycles. The largest absolute Gasteiger partial charge is 0.481 e. The van der Waals surface area contributed by atoms with E-state index in [4.69, 9.17) is 0 Å². The second-order valence-corrected chi connectivity index (χ2v) is 5.52. The molecule has 0 atom stereocenters. The number of hydrogen-bond donors (Lipinski definition) is 1. The van der Waals surface area contributed by atoms with Gasteiger partial charge in [0.1, 0.15) is 0 Å². The van der Waals surface area contributed by atoms with Crippen molar-refractivity contribution in [2.45, 2.75) is 44.9 Å². The standard InChI is InChI=1S/C15H20O2/c1-11(2)3-4-12-5-7-13(8-6-12)15(9-10-15)14(16)17/h5-8,11H,3-4,9-10H2,1-2H3,(H,16,17). The Kier molecular flexibility index (Phi) is 3.23. The van der Waals surface area contributed by atoms with Crippen LogP contribution in [0.3, 0.4) is 0 Å². The first kappa shape index (κ1) is 12.2. The van der Waals surface area contributed by atoms with Gasteiger partial charge in [0.15, 0.2) is 0 Å². The number of carbonyl (C=O) groups is 1. The number of rotatable bonds is 5. The highest BCUT2D eigenvalue weighted by atomic mass is 16.4. The molecule has 0 heterocycles. The maximum atomic E-state index is 11.2. The van der Waals surface area contributed by atoms with Gasteiger partial charge < -0.3 is 5.11 Å². The minimum atomic E-state index is -0.674. The van der Waals surface area contributed by atoms with Crippen molar-refractivity contribution >= 4 is 5.97 Å². The van der Waals surface area contributed by atoms with Gasteiger partial charge in [-0.1, -0.05) is 38.1 Å². The summed E-state index contributed by atoms with van der Waals surface area (Å²) in [5.41, 5.74) is 1.72. The number of benzene rings is 1. The third-order valence-corrected chi connectivity index (χ3v) is 3.68. The molecule has 1 fully saturated rings. The van der Waals surface area contributed by atoms with Crippen molar-refractivity contribution in [1.82, 2.24) is 0 Å². The van der Waals surface area contributed by atoms with Gasteiger partial charge in [-0.2, -0.15) is 0 Å². The van der Waals surface area contributed by atoms with E-state index in [1.165, 1.54) is 12.0 Å². The molecule has 1 N–H and O–H groups in total. The van der Waals surface area contributed by atoms with Crippen LogP contribution < -0.4 is 0 Å². The van der Waals surface area contributed by atoms with Gasteiger partial charge in [-0.15, -0.1) is 0 Å². The molecule has 2 rings (SSSR count). The molecule has 0 spiro atoms. The number of hydrogen-bond acceptors (Lipinski definition) is 1. The van der Waals surface area contributed by atoms with Gasteiger partial charge in [0, 0.05) is 0 Å². The molecule has 0 amide bonds. The second kappa shape index (κ2) is 4.52. The van der Waals surface area contributed by atoms with E-state index in [1.54, 1.807) is 0 Å². The third-order valence-electron chi connectivity index (χ3n) is 3.68. The van der Waals surface area contributed by atoms with Crippen molar-refractivity contribution in [1.29, 1.82) is 0 Å². The predicted octanol–water partition coefficient (Wildman–Crippen LogP) is 3.39. The Balaban J connectivity index is 2.06. The van der Waals surface area contributed by atoms with Crippen molar-refractivity contribution < 1.29 is 9.90 Å². The number of carboxylic acid groups (broad SMARTS) is 1. The molecular weight excluding hydrogens is 212 g/mol. The maximum absolute atomic E-state index is 11.2. The van der Waals surface area contributed by atoms with Crippen LogP contribution in [0.15, 0.2) is 24.3 Å². The van der Waals surface area contributed by atoms with E-state index < -0.39 is 11.4 Å². The molecule has 0 aromatic heterocycles. The van der Waals surface area contributed by atoms with Crippen LogP contribution in [0, 0.1) is 5.92 Å². The molecule has 1 aliphatic carbocycles. The van der Waals surface area contributed by atoms with E-state index in [0.29, 0.717) is 5.92 Å². The summed E-state index contributed by atoms with van der Waals surface area (Å²) in [4.78, 5) is 11.2. The Morgan fingerprint density at radius 2 is 1.88 bits per heavy atom. The average molecular weight is 232 g/mol. The van der Waals surface area contributed by atoms with E-state index in [9.17, 15) is 9.90 Å². The van der Waals surface area contributed by atoms with E-state index in [1.807, 2.05) is 12.1 Å². The zero-order valence-electron chi connectivity index (χ0n) is 10.6. The Morgan fingerprint density at radius 3 is 2.29 bits per heavy atom. The zero-order chi connectivity index (χ0) is 12.5. The van der Waals surface area contributed by atoms with Gasteiger partial charge >= 0.3 is 5.97 Å². The van der Waals surface area contributed by atoms with Crippen LogP contribution in [0.2, 0.25) is 0 Å². The number of aliphatic carboxylic acids is 1. The van der Waals surface area contributed by atoms with E-state index >= 15 is 0 Å². The first-order valence-corrected chi connectivity index (χ1v) is 6.37. The van der Waals surface area contributed by atoms with Crippen LogP contribution >= 0.6 is 0 Å². The van der Waals surface area contributed by atoms with Crippen LogP contribution in [0.25, 0.3) is 0 Å². The summed E-state index contributed by atoms with van der Waals surface area (Å²) in [7, 11) is 0. The first-order valence-electron chi connectivity index (χ1n) is 6.37. The van der Waals surface area contributed by atoms with E-state index in [2.05, 4.69) is 26.0 Å². The van der Waals surface area contributed by atoms with Gasteiger partial charge in [0.25, 0.3) is 0 Å². The van der Waals surface area contributed by atoms with Crippen LogP contribution in [-0.4, -0.2) is 11.1 Å². The summed E-state index contributed by atoms with van der Waals surface area (Å²) in [5.74, 6) is 0.0379. The molecule has 1 saturated carbocycles. The monoisotopic (exact) mass is 232 g/mol. The van der Waals surface area contributed by atoms with Crippen LogP contribution in [-0.2, 0) is 16.6 Å². The topological polar surface area (TPSA) is 37.3 Å². The molecule has 1 aliphatic rings. The van der Waals surface area contributed by atoms with E-state index in [0.717, 1.165) is 24.8 Å². The molecule has 0 bridgehead atoms. The van der Waals surface area contributed by atoms with Gasteiger partial charge in [-0.3, -0.25) is 4.79 Å². The lowest BCUT2D eigenvalue weighted by atomic mass is 9.94. The fraction of sp³-hybridized carbons (Fsp3) is 0.533. The van der Waals surface area contributed by atoms with Crippen molar-refractivity contribution in [2.75, 3.05) is 0 Å². The quantitative estimate of drug-likeness (QED) is 0.845. The summed E-state index contributed by atoms with van der Waals surface area (Å²) >= 11 is 0. The van der Waals surface area contributed by atoms with Gasteiger partial charge in [-0.25, -0.2) is 0 Å². The van der Waals surface area contributed by atoms with Crippen molar-refractivity contribution in [3.8, 4) is 0 Å². The fourth-order valence-electron chi connectivity index (χ4n) is 2.20. The molecule has 2 heteroatoms. The molecule has 0 aliphatic heterocycles. The molecule has 17 heavy (non-hydrogen) atoms. The Labute approximate surface area is 103 Å². The van der Waals surface area contributed by atoms with E-state index in [-0.39, 0.29) is 0 Å². The minimum Gasteiger partial charge on any atom is -0.481 e. The van der Waals surface area contributed by atoms with Crippen LogP contribution in [0.4, 0.5) is 0 Å². The normalized spacial score (nSPS) is 17.1. The lowest BCUT2D eigenvalue weighted by Gasteiger charge is -2.11. The SMILES string of the molecule is CC(C)CCc1ccc(C2(C(=O)O)CC2)cc1. The highest BCUT2D eigenvalue weighted by molar-refractivity contribution is 5.84. The summed E-state index contributed by atoms with van der Waals surface area (Å²) in [5, 5.41) is 9.20. The Morgan fingerprint density at radius 1 is 1.29 bits per heavy atom. The highest BCUT2D eigenvalue weighted by Gasteiger charge is 2.51. The summed E-state index contributed by atoms with van der Waals surface area (Å²) in [6.45, 7) is 4.44. The van der Waals surface area contributed by atoms with Crippen molar-refractivity contribution in [3.05, 3.63) is 35.4 Å². The van der Waals surface area contributed by atoms with Gasteiger partial charge in [-0.05, 0) is 42.7 Å². The Bertz CT molecular complexity index is 399. The summed E-state index contributed by atoms with van der Waals surface area (Å²) < 4.78 is 0. The fourth-order valence-corrected chi connectivity index (χ4v) is 2.20. The smallest absolute Gasteiger partial charge is 0.314 e. The maximum Gasteiger partial charge on any atom is 0.314 e. The summed E-state index contributed by atoms with van der Waals surface area (Å²) in [6.07, 6.45) is 3.84. The predicted molar refractivity (Wildman–Crippen MR) is 68.1 cm³/mol. The molecular formula is C15H20O2. The van der Waals surface area contributed by atoms with Gasteiger partial charge in [0.2, 0.25) is 0 Å². The molecule has 0 unspecified atom stereocenters. The average Bonchev–Trinajstić information content (AvgIpc) is 3.08. The minimum absolute atomic E-state index is 0.559. The molecule has 2 nitrogen and oxygen atoms in total. The molecule has 1 aromatic carbocycles. The second-order valence-electron chi connectivity index (χ2n) is 5.52. The lowest BCUT2D eigenvalue weighted by molar-refractivity contribution is -0.140. The molecule has 92 valence electrons. The van der Waals surface area contributed by atoms with Gasteiger partial charge in [0.05, 0.1) is 5.41 Å². The van der Waals surface area contributed by atoms with Crippen molar-refractivity contribution in [3.63, 3.8) is 0 Å². The lowest BCUT2D eigenvalue weighted by Crippen LogP contribution is -2.19. The first-order chi connectivity index (χ1) is 8.04.